The van der Waals surface area contributed by atoms with Crippen molar-refractivity contribution >= 4 is 0 Å². The number of H-pyrrole nitrogens is 1. The van der Waals surface area contributed by atoms with Gasteiger partial charge in [0.2, 0.25) is 0 Å². The van der Waals surface area contributed by atoms with Crippen molar-refractivity contribution < 1.29 is 0 Å². The SMILES string of the molecule is Cc1nn(CC(C)N)c(=O)[nH]1. The van der Waals surface area contributed by atoms with Crippen LogP contribution < -0.4 is 11.4 Å². The molecule has 0 aliphatic heterocycles. The predicted octanol–water partition coefficient (Wildman–Crippen LogP) is -0.773. The second kappa shape index (κ2) is 2.87. The molecule has 0 fully saturated rings. The quantitative estimate of drug-likeness (QED) is 0.590. The van der Waals surface area contributed by atoms with E-state index in [4.69, 9.17) is 5.73 Å². The van der Waals surface area contributed by atoms with Crippen molar-refractivity contribution in [1.82, 2.24) is 14.8 Å². The van der Waals surface area contributed by atoms with Crippen LogP contribution in [-0.4, -0.2) is 20.8 Å². The molecule has 5 nitrogen and oxygen atoms in total. The summed E-state index contributed by atoms with van der Waals surface area (Å²) >= 11 is 0. The van der Waals surface area contributed by atoms with Crippen LogP contribution in [0.1, 0.15) is 12.7 Å². The van der Waals surface area contributed by atoms with E-state index in [-0.39, 0.29) is 11.7 Å². The van der Waals surface area contributed by atoms with Gasteiger partial charge in [0.15, 0.2) is 0 Å². The largest absolute Gasteiger partial charge is 0.343 e. The van der Waals surface area contributed by atoms with Crippen LogP contribution in [0.2, 0.25) is 0 Å². The topological polar surface area (TPSA) is 76.7 Å². The molecule has 1 aromatic rings. The Morgan fingerprint density at radius 1 is 1.82 bits per heavy atom. The highest BCUT2D eigenvalue weighted by atomic mass is 16.1. The third-order valence-corrected chi connectivity index (χ3v) is 1.25. The molecule has 0 spiro atoms. The van der Waals surface area contributed by atoms with Crippen LogP contribution in [-0.2, 0) is 6.54 Å². The van der Waals surface area contributed by atoms with Gasteiger partial charge in [0.25, 0.3) is 0 Å². The fraction of sp³-hybridized carbons (Fsp3) is 0.667. The summed E-state index contributed by atoms with van der Waals surface area (Å²) in [6.07, 6.45) is 0. The molecule has 0 bridgehead atoms. The van der Waals surface area contributed by atoms with Gasteiger partial charge in [0, 0.05) is 6.04 Å². The van der Waals surface area contributed by atoms with Crippen LogP contribution in [0.15, 0.2) is 4.79 Å². The van der Waals surface area contributed by atoms with Gasteiger partial charge in [-0.25, -0.2) is 9.48 Å². The van der Waals surface area contributed by atoms with Crippen LogP contribution in [0.5, 0.6) is 0 Å². The summed E-state index contributed by atoms with van der Waals surface area (Å²) < 4.78 is 1.33. The van der Waals surface area contributed by atoms with Crippen molar-refractivity contribution in [2.75, 3.05) is 0 Å². The lowest BCUT2D eigenvalue weighted by Crippen LogP contribution is -2.29. The number of hydrogen-bond acceptors (Lipinski definition) is 3. The second-order valence-electron chi connectivity index (χ2n) is 2.67. The molecule has 3 N–H and O–H groups in total. The van der Waals surface area contributed by atoms with Crippen molar-refractivity contribution in [3.63, 3.8) is 0 Å². The molecule has 1 unspecified atom stereocenters. The van der Waals surface area contributed by atoms with Crippen LogP contribution in [0.3, 0.4) is 0 Å². The van der Waals surface area contributed by atoms with E-state index < -0.39 is 0 Å². The molecule has 0 aliphatic carbocycles. The summed E-state index contributed by atoms with van der Waals surface area (Å²) in [5.74, 6) is 0.621. The number of nitrogens with two attached hydrogens (primary N) is 1. The van der Waals surface area contributed by atoms with Gasteiger partial charge in [-0.3, -0.25) is 4.98 Å². The van der Waals surface area contributed by atoms with Crippen LogP contribution in [0.4, 0.5) is 0 Å². The molecular formula is C6H12N4O. The van der Waals surface area contributed by atoms with Crippen molar-refractivity contribution in [3.8, 4) is 0 Å². The minimum absolute atomic E-state index is 0.0459. The van der Waals surface area contributed by atoms with E-state index in [1.165, 1.54) is 4.68 Å². The summed E-state index contributed by atoms with van der Waals surface area (Å²) in [7, 11) is 0. The van der Waals surface area contributed by atoms with Crippen molar-refractivity contribution in [3.05, 3.63) is 16.3 Å². The Kier molecular flexibility index (Phi) is 2.09. The smallest absolute Gasteiger partial charge is 0.326 e. The summed E-state index contributed by atoms with van der Waals surface area (Å²) in [5.41, 5.74) is 5.29. The third kappa shape index (κ3) is 1.91. The van der Waals surface area contributed by atoms with E-state index in [0.717, 1.165) is 0 Å². The van der Waals surface area contributed by atoms with E-state index in [1.807, 2.05) is 6.92 Å². The second-order valence-corrected chi connectivity index (χ2v) is 2.67. The first kappa shape index (κ1) is 8.00. The number of hydrogen-bond donors (Lipinski definition) is 2. The number of rotatable bonds is 2. The van der Waals surface area contributed by atoms with Crippen LogP contribution >= 0.6 is 0 Å². The summed E-state index contributed by atoms with van der Waals surface area (Å²) in [4.78, 5) is 13.5. The maximum absolute atomic E-state index is 11.0. The zero-order valence-corrected chi connectivity index (χ0v) is 6.66. The van der Waals surface area contributed by atoms with E-state index in [2.05, 4.69) is 10.1 Å². The fourth-order valence-corrected chi connectivity index (χ4v) is 0.867. The lowest BCUT2D eigenvalue weighted by Gasteiger charge is -2.01. The average Bonchev–Trinajstić information content (AvgIpc) is 2.09. The van der Waals surface area contributed by atoms with Crippen molar-refractivity contribution in [2.45, 2.75) is 26.4 Å². The highest BCUT2D eigenvalue weighted by molar-refractivity contribution is 4.76. The number of nitrogens with zero attached hydrogens (tertiary/aromatic N) is 2. The Labute approximate surface area is 64.2 Å². The predicted molar refractivity (Wildman–Crippen MR) is 41.2 cm³/mol. The molecule has 0 saturated carbocycles. The zero-order chi connectivity index (χ0) is 8.43. The molecule has 0 amide bonds. The molecule has 0 saturated heterocycles. The van der Waals surface area contributed by atoms with Gasteiger partial charge >= 0.3 is 5.69 Å². The highest BCUT2D eigenvalue weighted by Crippen LogP contribution is 1.83. The molecule has 0 radical (unpaired) electrons. The Morgan fingerprint density at radius 2 is 2.45 bits per heavy atom. The maximum atomic E-state index is 11.0. The average molecular weight is 156 g/mol. The number of nitrogens with one attached hydrogen (secondary N) is 1. The maximum Gasteiger partial charge on any atom is 0.343 e. The summed E-state index contributed by atoms with van der Waals surface area (Å²) in [5, 5.41) is 3.92. The number of aromatic amines is 1. The molecular weight excluding hydrogens is 144 g/mol. The lowest BCUT2D eigenvalue weighted by molar-refractivity contribution is 0.521. The minimum Gasteiger partial charge on any atom is -0.326 e. The lowest BCUT2D eigenvalue weighted by atomic mass is 10.4. The summed E-state index contributed by atoms with van der Waals surface area (Å²) in [6.45, 7) is 4.03. The first-order valence-corrected chi connectivity index (χ1v) is 3.49. The van der Waals surface area contributed by atoms with Gasteiger partial charge in [-0.15, -0.1) is 0 Å². The van der Waals surface area contributed by atoms with E-state index in [1.54, 1.807) is 6.92 Å². The monoisotopic (exact) mass is 156 g/mol. The van der Waals surface area contributed by atoms with E-state index >= 15 is 0 Å². The molecule has 1 rings (SSSR count). The third-order valence-electron chi connectivity index (χ3n) is 1.25. The van der Waals surface area contributed by atoms with Gasteiger partial charge in [-0.2, -0.15) is 5.10 Å². The van der Waals surface area contributed by atoms with Gasteiger partial charge in [-0.05, 0) is 13.8 Å². The molecule has 1 aromatic heterocycles. The van der Waals surface area contributed by atoms with Gasteiger partial charge in [0.05, 0.1) is 6.54 Å². The Hall–Kier alpha value is -1.10. The Balaban J connectivity index is 2.86. The highest BCUT2D eigenvalue weighted by Gasteiger charge is 2.02. The van der Waals surface area contributed by atoms with Gasteiger partial charge in [0.1, 0.15) is 5.82 Å². The fourth-order valence-electron chi connectivity index (χ4n) is 0.867. The molecule has 11 heavy (non-hydrogen) atoms. The first-order valence-electron chi connectivity index (χ1n) is 3.49. The van der Waals surface area contributed by atoms with Gasteiger partial charge < -0.3 is 5.73 Å². The van der Waals surface area contributed by atoms with Gasteiger partial charge in [-0.1, -0.05) is 0 Å². The van der Waals surface area contributed by atoms with E-state index in [0.29, 0.717) is 12.4 Å². The minimum atomic E-state index is -0.195. The molecule has 0 aliphatic rings. The zero-order valence-electron chi connectivity index (χ0n) is 6.66. The molecule has 5 heteroatoms. The van der Waals surface area contributed by atoms with Crippen LogP contribution in [0, 0.1) is 6.92 Å². The van der Waals surface area contributed by atoms with Crippen molar-refractivity contribution in [1.29, 1.82) is 0 Å². The Morgan fingerprint density at radius 3 is 2.82 bits per heavy atom. The normalized spacial score (nSPS) is 13.4. The molecule has 1 heterocycles. The Bertz CT molecular complexity index is 285. The molecule has 1 atom stereocenters. The first-order chi connectivity index (χ1) is 5.09. The number of aryl methyl sites for hydroxylation is 1. The molecule has 0 aromatic carbocycles. The van der Waals surface area contributed by atoms with E-state index in [9.17, 15) is 4.79 Å². The molecule has 62 valence electrons. The van der Waals surface area contributed by atoms with Crippen molar-refractivity contribution in [2.24, 2.45) is 5.73 Å². The summed E-state index contributed by atoms with van der Waals surface area (Å²) in [6, 6.07) is -0.0459. The standard InChI is InChI=1S/C6H12N4O/c1-4(7)3-10-6(11)8-5(2)9-10/h4H,3,7H2,1-2H3,(H,8,9,11). The number of aromatic nitrogens is 3. The van der Waals surface area contributed by atoms with Crippen LogP contribution in [0.25, 0.3) is 0 Å².